The van der Waals surface area contributed by atoms with Crippen molar-refractivity contribution in [3.63, 3.8) is 0 Å². The van der Waals surface area contributed by atoms with Gasteiger partial charge in [0.1, 0.15) is 0 Å². The largest absolute Gasteiger partial charge is 0.260 e. The molecule has 4 rings (SSSR count). The van der Waals surface area contributed by atoms with E-state index in [-0.39, 0.29) is 0 Å². The molecule has 0 amide bonds. The average Bonchev–Trinajstić information content (AvgIpc) is 3.07. The monoisotopic (exact) mass is 325 g/mol. The minimum absolute atomic E-state index is 0.297. The zero-order valence-electron chi connectivity index (χ0n) is 13.1. The molecule has 0 radical (unpaired) electrons. The third-order valence-electron chi connectivity index (χ3n) is 5.18. The van der Waals surface area contributed by atoms with E-state index in [2.05, 4.69) is 35.3 Å². The lowest BCUT2D eigenvalue weighted by molar-refractivity contribution is 0.535. The summed E-state index contributed by atoms with van der Waals surface area (Å²) in [6.07, 6.45) is 8.41. The number of sulfone groups is 1. The Labute approximate surface area is 137 Å². The average molecular weight is 325 g/mol. The summed E-state index contributed by atoms with van der Waals surface area (Å²) in [5.41, 5.74) is 4.08. The van der Waals surface area contributed by atoms with Crippen molar-refractivity contribution in [3.05, 3.63) is 66.0 Å². The van der Waals surface area contributed by atoms with E-state index in [0.717, 1.165) is 25.0 Å². The van der Waals surface area contributed by atoms with Gasteiger partial charge in [-0.15, -0.1) is 0 Å². The van der Waals surface area contributed by atoms with Gasteiger partial charge in [-0.1, -0.05) is 36.4 Å². The van der Waals surface area contributed by atoms with Crippen molar-refractivity contribution in [1.82, 2.24) is 4.98 Å². The molecular formula is C19H19NO2S. The van der Waals surface area contributed by atoms with Crippen LogP contribution in [-0.4, -0.2) is 19.7 Å². The van der Waals surface area contributed by atoms with Gasteiger partial charge in [0.2, 0.25) is 0 Å². The fraction of sp³-hybridized carbons (Fsp3) is 0.316. The van der Waals surface area contributed by atoms with Crippen molar-refractivity contribution in [2.24, 2.45) is 5.41 Å². The number of nitrogens with zero attached hydrogens (tertiary/aromatic N) is 1. The summed E-state index contributed by atoms with van der Waals surface area (Å²) in [5.74, 6) is 0.452. The van der Waals surface area contributed by atoms with E-state index in [9.17, 15) is 8.42 Å². The zero-order valence-corrected chi connectivity index (χ0v) is 13.9. The molecule has 3 nitrogen and oxygen atoms in total. The Bertz CT molecular complexity index is 869. The predicted molar refractivity (Wildman–Crippen MR) is 90.8 cm³/mol. The maximum Gasteiger partial charge on any atom is 0.177 e. The Hall–Kier alpha value is -1.94. The molecule has 1 fully saturated rings. The fourth-order valence-corrected chi connectivity index (χ4v) is 4.29. The molecule has 0 N–H and O–H groups in total. The van der Waals surface area contributed by atoms with Gasteiger partial charge in [-0.2, -0.15) is 0 Å². The molecule has 2 aliphatic carbocycles. The van der Waals surface area contributed by atoms with Gasteiger partial charge in [-0.3, -0.25) is 4.98 Å². The van der Waals surface area contributed by atoms with E-state index in [1.807, 2.05) is 12.1 Å². The molecule has 0 aliphatic heterocycles. The molecule has 0 bridgehead atoms. The Kier molecular flexibility index (Phi) is 3.20. The van der Waals surface area contributed by atoms with Crippen molar-refractivity contribution in [2.75, 3.05) is 6.26 Å². The minimum Gasteiger partial charge on any atom is -0.260 e. The van der Waals surface area contributed by atoms with E-state index in [1.165, 1.54) is 23.6 Å². The molecule has 1 aromatic carbocycles. The summed E-state index contributed by atoms with van der Waals surface area (Å²) in [6.45, 7) is 0. The van der Waals surface area contributed by atoms with Crippen LogP contribution in [0.4, 0.5) is 0 Å². The van der Waals surface area contributed by atoms with E-state index in [0.29, 0.717) is 16.2 Å². The molecular weight excluding hydrogens is 306 g/mol. The fourth-order valence-electron chi connectivity index (χ4n) is 3.73. The second-order valence-corrected chi connectivity index (χ2v) is 8.80. The van der Waals surface area contributed by atoms with Gasteiger partial charge >= 0.3 is 0 Å². The van der Waals surface area contributed by atoms with Crippen molar-refractivity contribution >= 4 is 15.4 Å². The van der Waals surface area contributed by atoms with Crippen LogP contribution in [0.25, 0.3) is 5.57 Å². The molecule has 2 atom stereocenters. The highest BCUT2D eigenvalue weighted by Gasteiger charge is 2.56. The van der Waals surface area contributed by atoms with Crippen molar-refractivity contribution in [2.45, 2.75) is 30.1 Å². The molecule has 118 valence electrons. The summed E-state index contributed by atoms with van der Waals surface area (Å²) in [4.78, 5) is 4.72. The van der Waals surface area contributed by atoms with Gasteiger partial charge in [-0.25, -0.2) is 8.42 Å². The van der Waals surface area contributed by atoms with Crippen LogP contribution in [0.2, 0.25) is 0 Å². The van der Waals surface area contributed by atoms with Crippen LogP contribution in [0.15, 0.2) is 59.6 Å². The smallest absolute Gasteiger partial charge is 0.177 e. The van der Waals surface area contributed by atoms with Gasteiger partial charge in [0.25, 0.3) is 0 Å². The predicted octanol–water partition coefficient (Wildman–Crippen LogP) is 3.84. The SMILES string of the molecule is CS(=O)(=O)c1ccc(C2CC23CC=C(c2ccccc2)C3)nc1. The maximum atomic E-state index is 11.5. The van der Waals surface area contributed by atoms with Crippen LogP contribution in [0.3, 0.4) is 0 Å². The number of hydrogen-bond donors (Lipinski definition) is 0. The molecule has 1 spiro atoms. The number of allylic oxidation sites excluding steroid dienone is 2. The molecule has 1 heterocycles. The number of benzene rings is 1. The lowest BCUT2D eigenvalue weighted by Gasteiger charge is -2.10. The highest BCUT2D eigenvalue weighted by Crippen LogP contribution is 2.68. The standard InChI is InChI=1S/C19H19NO2S/c1-23(21,22)16-7-8-18(20-13-16)17-12-19(17)10-9-15(11-19)14-5-3-2-4-6-14/h2-9,13,17H,10-12H2,1H3. The Morgan fingerprint density at radius 3 is 2.57 bits per heavy atom. The van der Waals surface area contributed by atoms with Crippen LogP contribution in [0.5, 0.6) is 0 Å². The molecule has 0 saturated heterocycles. The molecule has 1 saturated carbocycles. The molecule has 2 unspecified atom stereocenters. The lowest BCUT2D eigenvalue weighted by atomic mass is 9.95. The van der Waals surface area contributed by atoms with Gasteiger partial charge in [0.15, 0.2) is 9.84 Å². The zero-order chi connectivity index (χ0) is 16.1. The maximum absolute atomic E-state index is 11.5. The highest BCUT2D eigenvalue weighted by molar-refractivity contribution is 7.90. The minimum atomic E-state index is -3.17. The summed E-state index contributed by atoms with van der Waals surface area (Å²) >= 11 is 0. The third kappa shape index (κ3) is 2.61. The highest BCUT2D eigenvalue weighted by atomic mass is 32.2. The first-order valence-corrected chi connectivity index (χ1v) is 9.78. The normalized spacial score (nSPS) is 26.3. The van der Waals surface area contributed by atoms with Gasteiger partial charge in [0, 0.05) is 24.1 Å². The Morgan fingerprint density at radius 2 is 1.91 bits per heavy atom. The second-order valence-electron chi connectivity index (χ2n) is 6.79. The molecule has 2 aromatic rings. The molecule has 1 aromatic heterocycles. The number of hydrogen-bond acceptors (Lipinski definition) is 3. The first-order valence-electron chi connectivity index (χ1n) is 7.88. The number of pyridine rings is 1. The second kappa shape index (κ2) is 5.03. The van der Waals surface area contributed by atoms with Gasteiger partial charge in [0.05, 0.1) is 4.90 Å². The van der Waals surface area contributed by atoms with E-state index < -0.39 is 9.84 Å². The summed E-state index contributed by atoms with van der Waals surface area (Å²) < 4.78 is 23.1. The van der Waals surface area contributed by atoms with Crippen LogP contribution in [0.1, 0.15) is 36.4 Å². The molecule has 23 heavy (non-hydrogen) atoms. The summed E-state index contributed by atoms with van der Waals surface area (Å²) in [6, 6.07) is 14.1. The number of rotatable bonds is 3. The topological polar surface area (TPSA) is 47.0 Å². The van der Waals surface area contributed by atoms with Crippen molar-refractivity contribution in [1.29, 1.82) is 0 Å². The molecule has 4 heteroatoms. The lowest BCUT2D eigenvalue weighted by Crippen LogP contribution is -2.02. The summed E-state index contributed by atoms with van der Waals surface area (Å²) in [5, 5.41) is 0. The van der Waals surface area contributed by atoms with Crippen molar-refractivity contribution in [3.8, 4) is 0 Å². The number of aromatic nitrogens is 1. The van der Waals surface area contributed by atoms with Gasteiger partial charge < -0.3 is 0 Å². The van der Waals surface area contributed by atoms with Crippen LogP contribution in [-0.2, 0) is 9.84 Å². The van der Waals surface area contributed by atoms with E-state index >= 15 is 0 Å². The quantitative estimate of drug-likeness (QED) is 0.861. The third-order valence-corrected chi connectivity index (χ3v) is 6.27. The Morgan fingerprint density at radius 1 is 1.13 bits per heavy atom. The van der Waals surface area contributed by atoms with Crippen LogP contribution < -0.4 is 0 Å². The van der Waals surface area contributed by atoms with Crippen molar-refractivity contribution < 1.29 is 8.42 Å². The summed E-state index contributed by atoms with van der Waals surface area (Å²) in [7, 11) is -3.17. The Balaban J connectivity index is 1.51. The first kappa shape index (κ1) is 14.6. The molecule has 2 aliphatic rings. The van der Waals surface area contributed by atoms with Crippen LogP contribution >= 0.6 is 0 Å². The first-order chi connectivity index (χ1) is 11.0. The van der Waals surface area contributed by atoms with E-state index in [4.69, 9.17) is 0 Å². The van der Waals surface area contributed by atoms with Crippen LogP contribution in [0, 0.1) is 5.41 Å². The van der Waals surface area contributed by atoms with E-state index in [1.54, 1.807) is 6.07 Å². The van der Waals surface area contributed by atoms with Gasteiger partial charge in [-0.05, 0) is 47.9 Å².